The molecule has 1 heterocycles. The van der Waals surface area contributed by atoms with E-state index in [1.807, 2.05) is 55.4 Å². The molecule has 1 unspecified atom stereocenters. The summed E-state index contributed by atoms with van der Waals surface area (Å²) in [6, 6.07) is 19.4. The summed E-state index contributed by atoms with van der Waals surface area (Å²) in [5.41, 5.74) is 3.28. The molecule has 40 heavy (non-hydrogen) atoms. The fraction of sp³-hybridized carbons (Fsp3) is 0.375. The maximum atomic E-state index is 13.0. The van der Waals surface area contributed by atoms with Crippen molar-refractivity contribution in [1.29, 1.82) is 0 Å². The van der Waals surface area contributed by atoms with Crippen LogP contribution in [0.25, 0.3) is 6.08 Å². The minimum atomic E-state index is -1.31. The molecule has 3 aromatic rings. The summed E-state index contributed by atoms with van der Waals surface area (Å²) in [7, 11) is 4.25. The number of carbonyl (C=O) groups is 1. The second-order valence-corrected chi connectivity index (χ2v) is 11.2. The Morgan fingerprint density at radius 3 is 2.40 bits per heavy atom. The van der Waals surface area contributed by atoms with Crippen molar-refractivity contribution in [3.63, 3.8) is 0 Å². The molecule has 2 aromatic carbocycles. The van der Waals surface area contributed by atoms with Crippen LogP contribution in [-0.2, 0) is 27.8 Å². The molecule has 0 aliphatic carbocycles. The maximum absolute atomic E-state index is 13.0. The topological polar surface area (TPSA) is 91.8 Å². The first-order chi connectivity index (χ1) is 19.4. The van der Waals surface area contributed by atoms with Crippen molar-refractivity contribution < 1.29 is 23.6 Å². The largest absolute Gasteiger partial charge is 0.545 e. The van der Waals surface area contributed by atoms with Crippen molar-refractivity contribution in [1.82, 2.24) is 4.98 Å². The van der Waals surface area contributed by atoms with Gasteiger partial charge in [-0.25, -0.2) is 4.98 Å². The molecule has 1 aromatic heterocycles. The summed E-state index contributed by atoms with van der Waals surface area (Å²) in [4.78, 5) is 18.2. The fourth-order valence-corrected chi connectivity index (χ4v) is 5.29. The average molecular weight is 564 g/mol. The highest BCUT2D eigenvalue weighted by molar-refractivity contribution is 7.84. The van der Waals surface area contributed by atoms with Crippen LogP contribution in [0, 0.1) is 0 Å². The van der Waals surface area contributed by atoms with Crippen molar-refractivity contribution in [3.8, 4) is 11.5 Å². The molecule has 8 heteroatoms. The molecule has 0 aliphatic heterocycles. The molecular formula is C32H39N2O5S-. The number of aliphatic carboxylic acids is 1. The molecule has 3 rings (SSSR count). The molecule has 0 bridgehead atoms. The van der Waals surface area contributed by atoms with Gasteiger partial charge in [0.25, 0.3) is 0 Å². The van der Waals surface area contributed by atoms with Crippen molar-refractivity contribution in [2.24, 2.45) is 0 Å². The van der Waals surface area contributed by atoms with Crippen LogP contribution in [0.15, 0.2) is 71.6 Å². The van der Waals surface area contributed by atoms with E-state index in [9.17, 15) is 14.1 Å². The van der Waals surface area contributed by atoms with Crippen LogP contribution in [0.2, 0.25) is 0 Å². The van der Waals surface area contributed by atoms with Gasteiger partial charge in [0.1, 0.15) is 17.2 Å². The number of unbranched alkanes of at least 4 members (excludes halogenated alkanes) is 5. The third-order valence-corrected chi connectivity index (χ3v) is 7.81. The Morgan fingerprint density at radius 2 is 1.70 bits per heavy atom. The lowest BCUT2D eigenvalue weighted by molar-refractivity contribution is -0.297. The predicted molar refractivity (Wildman–Crippen MR) is 159 cm³/mol. The van der Waals surface area contributed by atoms with E-state index in [1.165, 1.54) is 30.9 Å². The first-order valence-corrected chi connectivity index (χ1v) is 15.0. The van der Waals surface area contributed by atoms with Gasteiger partial charge in [0.15, 0.2) is 0 Å². The summed E-state index contributed by atoms with van der Waals surface area (Å²) < 4.78 is 24.1. The summed E-state index contributed by atoms with van der Waals surface area (Å²) in [5.74, 6) is 0.287. The SMILES string of the molecule is COc1ccc(CCCCCCCCOc2ccc(CS(=O)c3cccc(N(C)C)c3)nc2/C=C/C(=O)[O-])cc1. The quantitative estimate of drug-likeness (QED) is 0.165. The molecule has 0 fully saturated rings. The highest BCUT2D eigenvalue weighted by Crippen LogP contribution is 2.23. The Bertz CT molecular complexity index is 1270. The van der Waals surface area contributed by atoms with E-state index in [0.29, 0.717) is 28.6 Å². The zero-order valence-corrected chi connectivity index (χ0v) is 24.5. The van der Waals surface area contributed by atoms with Gasteiger partial charge in [0.05, 0.1) is 41.9 Å². The number of carboxylic acid groups (broad SMARTS) is 1. The molecule has 0 radical (unpaired) electrons. The highest BCUT2D eigenvalue weighted by Gasteiger charge is 2.11. The van der Waals surface area contributed by atoms with E-state index in [4.69, 9.17) is 9.47 Å². The summed E-state index contributed by atoms with van der Waals surface area (Å²) in [6.07, 6.45) is 10.0. The molecule has 0 spiro atoms. The van der Waals surface area contributed by atoms with E-state index in [2.05, 4.69) is 17.1 Å². The molecule has 214 valence electrons. The van der Waals surface area contributed by atoms with Gasteiger partial charge in [0.2, 0.25) is 0 Å². The first kappa shape index (κ1) is 30.9. The van der Waals surface area contributed by atoms with Crippen LogP contribution in [0.4, 0.5) is 5.69 Å². The molecule has 0 amide bonds. The number of benzene rings is 2. The Hall–Kier alpha value is -3.65. The minimum absolute atomic E-state index is 0.210. The van der Waals surface area contributed by atoms with E-state index >= 15 is 0 Å². The minimum Gasteiger partial charge on any atom is -0.545 e. The standard InChI is InChI=1S/C32H40N2O5S/c1-34(2)27-12-10-13-29(23-27)40(37)24-26-16-20-31(30(33-26)19-21-32(35)36)39-22-9-7-5-4-6-8-11-25-14-17-28(38-3)18-15-25/h10,12-21,23H,4-9,11,22,24H2,1-3H3,(H,35,36)/p-1/b21-19+. The normalized spacial score (nSPS) is 11.9. The molecular weight excluding hydrogens is 524 g/mol. The van der Waals surface area contributed by atoms with Crippen molar-refractivity contribution >= 4 is 28.5 Å². The molecule has 0 aliphatic rings. The lowest BCUT2D eigenvalue weighted by Crippen LogP contribution is -2.18. The molecule has 1 atom stereocenters. The number of carbonyl (C=O) groups excluding carboxylic acids is 1. The highest BCUT2D eigenvalue weighted by atomic mass is 32.2. The Kier molecular flexibility index (Phi) is 12.7. The Balaban J connectivity index is 1.45. The van der Waals surface area contributed by atoms with Gasteiger partial charge in [0, 0.05) is 24.7 Å². The van der Waals surface area contributed by atoms with Crippen molar-refractivity contribution in [2.45, 2.75) is 55.6 Å². The number of hydrogen-bond acceptors (Lipinski definition) is 7. The van der Waals surface area contributed by atoms with Gasteiger partial charge in [-0.15, -0.1) is 0 Å². The van der Waals surface area contributed by atoms with Crippen LogP contribution in [-0.4, -0.2) is 43.0 Å². The number of nitrogens with zero attached hydrogens (tertiary/aromatic N) is 2. The molecule has 0 saturated heterocycles. The van der Waals surface area contributed by atoms with E-state index in [1.54, 1.807) is 19.2 Å². The van der Waals surface area contributed by atoms with E-state index < -0.39 is 16.8 Å². The maximum Gasteiger partial charge on any atom is 0.144 e. The van der Waals surface area contributed by atoms with Crippen LogP contribution >= 0.6 is 0 Å². The van der Waals surface area contributed by atoms with Crippen LogP contribution in [0.3, 0.4) is 0 Å². The zero-order chi connectivity index (χ0) is 28.7. The summed E-state index contributed by atoms with van der Waals surface area (Å²) in [5, 5.41) is 11.0. The molecule has 7 nitrogen and oxygen atoms in total. The monoisotopic (exact) mass is 563 g/mol. The molecule has 0 saturated carbocycles. The second-order valence-electron chi connectivity index (χ2n) is 9.79. The fourth-order valence-electron chi connectivity index (χ4n) is 4.21. The van der Waals surface area contributed by atoms with Gasteiger partial charge in [-0.1, -0.05) is 43.9 Å². The van der Waals surface area contributed by atoms with Crippen LogP contribution in [0.1, 0.15) is 55.5 Å². The number of aryl methyl sites for hydroxylation is 1. The number of anilines is 1. The Labute approximate surface area is 240 Å². The number of hydrogen-bond donors (Lipinski definition) is 0. The summed E-state index contributed by atoms with van der Waals surface area (Å²) in [6.45, 7) is 0.516. The van der Waals surface area contributed by atoms with Gasteiger partial charge in [-0.05, 0) is 79.4 Å². The first-order valence-electron chi connectivity index (χ1n) is 13.7. The number of rotatable bonds is 17. The third-order valence-electron chi connectivity index (χ3n) is 6.47. The van der Waals surface area contributed by atoms with Crippen LogP contribution in [0.5, 0.6) is 11.5 Å². The smallest absolute Gasteiger partial charge is 0.144 e. The zero-order valence-electron chi connectivity index (χ0n) is 23.6. The van der Waals surface area contributed by atoms with Crippen LogP contribution < -0.4 is 19.5 Å². The summed E-state index contributed by atoms with van der Waals surface area (Å²) >= 11 is 0. The van der Waals surface area contributed by atoms with Crippen molar-refractivity contribution in [2.75, 3.05) is 32.7 Å². The predicted octanol–water partition coefficient (Wildman–Crippen LogP) is 5.19. The van der Waals surface area contributed by atoms with E-state index in [-0.39, 0.29) is 5.75 Å². The van der Waals surface area contributed by atoms with Gasteiger partial charge in [-0.3, -0.25) is 4.21 Å². The number of methoxy groups -OCH3 is 1. The average Bonchev–Trinajstić information content (AvgIpc) is 2.96. The number of carboxylic acids is 1. The third kappa shape index (κ3) is 10.5. The number of ether oxygens (including phenoxy) is 2. The number of aromatic nitrogens is 1. The lowest BCUT2D eigenvalue weighted by Gasteiger charge is -2.14. The second kappa shape index (κ2) is 16.5. The van der Waals surface area contributed by atoms with Gasteiger partial charge < -0.3 is 24.3 Å². The van der Waals surface area contributed by atoms with E-state index in [0.717, 1.165) is 43.2 Å². The van der Waals surface area contributed by atoms with Gasteiger partial charge in [-0.2, -0.15) is 0 Å². The van der Waals surface area contributed by atoms with Gasteiger partial charge >= 0.3 is 0 Å². The lowest BCUT2D eigenvalue weighted by atomic mass is 10.0. The number of pyridine rings is 1. The molecule has 0 N–H and O–H groups in total. The van der Waals surface area contributed by atoms with Crippen molar-refractivity contribution in [3.05, 3.63) is 83.7 Å². The Morgan fingerprint density at radius 1 is 0.975 bits per heavy atom.